The molecule has 1 heterocycles. The normalized spacial score (nSPS) is 26.4. The fourth-order valence-corrected chi connectivity index (χ4v) is 2.04. The van der Waals surface area contributed by atoms with Crippen LogP contribution in [0.5, 0.6) is 0 Å². The molecule has 0 aromatic carbocycles. The number of hydrogen-bond acceptors (Lipinski definition) is 3. The van der Waals surface area contributed by atoms with Crippen molar-refractivity contribution in [2.24, 2.45) is 5.50 Å². The highest BCUT2D eigenvalue weighted by atomic mass is 31.2. The van der Waals surface area contributed by atoms with E-state index in [2.05, 4.69) is 5.32 Å². The van der Waals surface area contributed by atoms with Gasteiger partial charge in [-0.2, -0.15) is 0 Å². The fourth-order valence-electron chi connectivity index (χ4n) is 1.05. The minimum Gasteiger partial charge on any atom is -0.314 e. The minimum absolute atomic E-state index is 0.696. The van der Waals surface area contributed by atoms with Crippen molar-refractivity contribution in [3.05, 3.63) is 0 Å². The van der Waals surface area contributed by atoms with Crippen molar-refractivity contribution in [3.63, 3.8) is 0 Å². The molecule has 1 aliphatic heterocycles. The van der Waals surface area contributed by atoms with Gasteiger partial charge in [-0.15, -0.1) is 0 Å². The van der Waals surface area contributed by atoms with E-state index in [1.54, 1.807) is 4.67 Å². The van der Waals surface area contributed by atoms with Gasteiger partial charge >= 0.3 is 7.67 Å². The third-order valence-corrected chi connectivity index (χ3v) is 3.46. The van der Waals surface area contributed by atoms with Crippen molar-refractivity contribution in [2.75, 3.05) is 33.3 Å². The van der Waals surface area contributed by atoms with E-state index in [1.807, 2.05) is 0 Å². The monoisotopic (exact) mass is 179 g/mol. The third kappa shape index (κ3) is 2.25. The molecule has 5 nitrogen and oxygen atoms in total. The van der Waals surface area contributed by atoms with E-state index in [-0.39, 0.29) is 0 Å². The second kappa shape index (κ2) is 3.65. The number of nitrogens with two attached hydrogens (primary N) is 1. The number of hydrogen-bond donors (Lipinski definition) is 2. The van der Waals surface area contributed by atoms with E-state index < -0.39 is 7.67 Å². The van der Waals surface area contributed by atoms with E-state index in [4.69, 9.17) is 10.0 Å². The molecule has 1 fully saturated rings. The first-order valence-corrected chi connectivity index (χ1v) is 5.22. The Bertz CT molecular complexity index is 169. The summed E-state index contributed by atoms with van der Waals surface area (Å²) < 4.78 is 17.8. The molecule has 0 aliphatic carbocycles. The first-order chi connectivity index (χ1) is 5.17. The Labute approximate surface area is 66.4 Å². The predicted molar refractivity (Wildman–Crippen MR) is 43.2 cm³/mol. The topological polar surface area (TPSA) is 67.6 Å². The van der Waals surface area contributed by atoms with Crippen LogP contribution in [-0.4, -0.2) is 38.0 Å². The summed E-state index contributed by atoms with van der Waals surface area (Å²) in [7, 11) is -1.58. The summed E-state index contributed by atoms with van der Waals surface area (Å²) in [6, 6.07) is 0. The molecule has 0 amide bonds. The van der Waals surface area contributed by atoms with Gasteiger partial charge in [-0.1, -0.05) is 0 Å². The Morgan fingerprint density at radius 2 is 2.09 bits per heavy atom. The van der Waals surface area contributed by atoms with E-state index in [0.717, 1.165) is 13.1 Å². The molecule has 0 aromatic heterocycles. The summed E-state index contributed by atoms with van der Waals surface area (Å²) in [6.07, 6.45) is 0. The largest absolute Gasteiger partial charge is 0.340 e. The van der Waals surface area contributed by atoms with Crippen LogP contribution < -0.4 is 10.8 Å². The van der Waals surface area contributed by atoms with Crippen molar-refractivity contribution in [1.82, 2.24) is 9.99 Å². The molecule has 1 atom stereocenters. The number of nitrogens with one attached hydrogen (secondary N) is 1. The quantitative estimate of drug-likeness (QED) is 0.565. The first kappa shape index (κ1) is 9.16. The SMILES string of the molecule is COP(N)(=O)N1CCNCC1. The van der Waals surface area contributed by atoms with Gasteiger partial charge in [-0.05, 0) is 0 Å². The van der Waals surface area contributed by atoms with Crippen LogP contribution >= 0.6 is 7.67 Å². The lowest BCUT2D eigenvalue weighted by Crippen LogP contribution is -2.43. The van der Waals surface area contributed by atoms with Gasteiger partial charge < -0.3 is 9.84 Å². The summed E-state index contributed by atoms with van der Waals surface area (Å²) in [5.41, 5.74) is 5.42. The smallest absolute Gasteiger partial charge is 0.314 e. The molecule has 1 unspecified atom stereocenters. The minimum atomic E-state index is -2.96. The van der Waals surface area contributed by atoms with E-state index in [0.29, 0.717) is 13.1 Å². The summed E-state index contributed by atoms with van der Waals surface area (Å²) in [4.78, 5) is 0. The van der Waals surface area contributed by atoms with E-state index in [1.165, 1.54) is 7.11 Å². The lowest BCUT2D eigenvalue weighted by atomic mass is 10.4. The number of piperazine rings is 1. The Hall–Kier alpha value is 0.0700. The molecular weight excluding hydrogens is 165 g/mol. The van der Waals surface area contributed by atoms with Crippen LogP contribution in [0, 0.1) is 0 Å². The van der Waals surface area contributed by atoms with Crippen molar-refractivity contribution >= 4 is 7.67 Å². The highest BCUT2D eigenvalue weighted by Gasteiger charge is 2.26. The van der Waals surface area contributed by atoms with Gasteiger partial charge in [-0.3, -0.25) is 4.57 Å². The van der Waals surface area contributed by atoms with Gasteiger partial charge in [0.25, 0.3) is 0 Å². The van der Waals surface area contributed by atoms with Gasteiger partial charge in [0.15, 0.2) is 0 Å². The molecule has 0 aromatic rings. The molecule has 1 aliphatic rings. The maximum absolute atomic E-state index is 11.4. The summed E-state index contributed by atoms with van der Waals surface area (Å²) in [5, 5.41) is 3.14. The summed E-state index contributed by atoms with van der Waals surface area (Å²) in [5.74, 6) is 0. The highest BCUT2D eigenvalue weighted by molar-refractivity contribution is 7.53. The number of nitrogens with zero attached hydrogens (tertiary/aromatic N) is 1. The maximum Gasteiger partial charge on any atom is 0.340 e. The van der Waals surface area contributed by atoms with Crippen LogP contribution in [0.1, 0.15) is 0 Å². The Balaban J connectivity index is 2.51. The highest BCUT2D eigenvalue weighted by Crippen LogP contribution is 2.40. The number of rotatable bonds is 2. The van der Waals surface area contributed by atoms with Gasteiger partial charge in [0.2, 0.25) is 0 Å². The second-order valence-corrected chi connectivity index (χ2v) is 4.51. The molecule has 0 radical (unpaired) electrons. The van der Waals surface area contributed by atoms with Crippen LogP contribution in [0.2, 0.25) is 0 Å². The van der Waals surface area contributed by atoms with Gasteiger partial charge in [-0.25, -0.2) is 10.2 Å². The van der Waals surface area contributed by atoms with Crippen LogP contribution in [-0.2, 0) is 9.09 Å². The molecule has 6 heteroatoms. The fraction of sp³-hybridized carbons (Fsp3) is 1.00. The summed E-state index contributed by atoms with van der Waals surface area (Å²) in [6.45, 7) is 3.04. The van der Waals surface area contributed by atoms with Crippen molar-refractivity contribution < 1.29 is 9.09 Å². The van der Waals surface area contributed by atoms with Crippen LogP contribution in [0.15, 0.2) is 0 Å². The predicted octanol–water partition coefficient (Wildman–Crippen LogP) is -0.395. The zero-order valence-corrected chi connectivity index (χ0v) is 7.51. The standard InChI is InChI=1S/C5H14N3O2P/c1-10-11(6,9)8-4-2-7-3-5-8/h7H,2-5H2,1H3,(H2,6,9). The molecule has 11 heavy (non-hydrogen) atoms. The zero-order valence-electron chi connectivity index (χ0n) is 6.62. The van der Waals surface area contributed by atoms with Gasteiger partial charge in [0.1, 0.15) is 0 Å². The molecule has 0 saturated carbocycles. The molecular formula is C5H14N3O2P. The second-order valence-electron chi connectivity index (χ2n) is 2.45. The lowest BCUT2D eigenvalue weighted by molar-refractivity contribution is 0.284. The van der Waals surface area contributed by atoms with Gasteiger partial charge in [0, 0.05) is 33.3 Å². The average Bonchev–Trinajstić information content (AvgIpc) is 2.06. The molecule has 0 spiro atoms. The molecule has 66 valence electrons. The third-order valence-electron chi connectivity index (χ3n) is 1.75. The molecule has 1 rings (SSSR count). The molecule has 3 N–H and O–H groups in total. The average molecular weight is 179 g/mol. The molecule has 0 bridgehead atoms. The Kier molecular flexibility index (Phi) is 3.04. The lowest BCUT2D eigenvalue weighted by Gasteiger charge is -2.30. The van der Waals surface area contributed by atoms with Crippen molar-refractivity contribution in [3.8, 4) is 0 Å². The molecule has 1 saturated heterocycles. The maximum atomic E-state index is 11.4. The van der Waals surface area contributed by atoms with Crippen LogP contribution in [0.3, 0.4) is 0 Å². The zero-order chi connectivity index (χ0) is 8.32. The Morgan fingerprint density at radius 3 is 2.55 bits per heavy atom. The van der Waals surface area contributed by atoms with Crippen molar-refractivity contribution in [1.29, 1.82) is 0 Å². The van der Waals surface area contributed by atoms with Crippen molar-refractivity contribution in [2.45, 2.75) is 0 Å². The van der Waals surface area contributed by atoms with Crippen LogP contribution in [0.25, 0.3) is 0 Å². The van der Waals surface area contributed by atoms with E-state index >= 15 is 0 Å². The summed E-state index contributed by atoms with van der Waals surface area (Å²) >= 11 is 0. The Morgan fingerprint density at radius 1 is 1.55 bits per heavy atom. The van der Waals surface area contributed by atoms with Gasteiger partial charge in [0.05, 0.1) is 0 Å². The first-order valence-electron chi connectivity index (χ1n) is 3.57. The van der Waals surface area contributed by atoms with Crippen LogP contribution in [0.4, 0.5) is 0 Å². The van der Waals surface area contributed by atoms with E-state index in [9.17, 15) is 4.57 Å².